The van der Waals surface area contributed by atoms with E-state index in [-0.39, 0.29) is 5.92 Å². The molecule has 94 valence electrons. The smallest absolute Gasteiger partial charge is 0.309 e. The molecule has 4 unspecified atom stereocenters. The van der Waals surface area contributed by atoms with Crippen LogP contribution in [0.5, 0.6) is 0 Å². The molecule has 1 amide bonds. The number of hydrogen-bond donors (Lipinski definition) is 4. The minimum absolute atomic E-state index is 0.336. The highest BCUT2D eigenvalue weighted by Gasteiger charge is 2.76. The quantitative estimate of drug-likeness (QED) is 0.484. The molecule has 0 heterocycles. The molecule has 17 heavy (non-hydrogen) atoms. The van der Waals surface area contributed by atoms with Gasteiger partial charge < -0.3 is 20.6 Å². The second-order valence-corrected chi connectivity index (χ2v) is 4.53. The fraction of sp³-hybridized carbons (Fsp3) is 0.700. The zero-order valence-corrected chi connectivity index (χ0v) is 8.92. The summed E-state index contributed by atoms with van der Waals surface area (Å²) in [7, 11) is 0. The van der Waals surface area contributed by atoms with Gasteiger partial charge in [0, 0.05) is 0 Å². The van der Waals surface area contributed by atoms with Crippen LogP contribution in [0.4, 0.5) is 0 Å². The molecule has 2 rings (SSSR count). The van der Waals surface area contributed by atoms with Crippen LogP contribution in [0.2, 0.25) is 0 Å². The first-order valence-corrected chi connectivity index (χ1v) is 5.32. The van der Waals surface area contributed by atoms with Crippen LogP contribution in [0, 0.1) is 17.8 Å². The number of nitrogens with one attached hydrogen (secondary N) is 1. The van der Waals surface area contributed by atoms with Gasteiger partial charge in [0.15, 0.2) is 0 Å². The molecule has 0 aromatic heterocycles. The van der Waals surface area contributed by atoms with Crippen LogP contribution in [0.15, 0.2) is 0 Å². The van der Waals surface area contributed by atoms with Crippen LogP contribution in [-0.2, 0) is 14.4 Å². The van der Waals surface area contributed by atoms with Gasteiger partial charge in [0.05, 0.1) is 17.4 Å². The predicted molar refractivity (Wildman–Crippen MR) is 52.9 cm³/mol. The average Bonchev–Trinajstić information content (AvgIpc) is 2.73. The van der Waals surface area contributed by atoms with Crippen molar-refractivity contribution in [2.45, 2.75) is 18.4 Å². The summed E-state index contributed by atoms with van der Waals surface area (Å²) in [6.07, 6.45) is 0.829. The van der Waals surface area contributed by atoms with E-state index in [0.29, 0.717) is 12.8 Å². The van der Waals surface area contributed by atoms with Crippen molar-refractivity contribution >= 4 is 17.8 Å². The van der Waals surface area contributed by atoms with E-state index in [4.69, 9.17) is 15.3 Å². The van der Waals surface area contributed by atoms with Crippen LogP contribution >= 0.6 is 0 Å². The molecule has 0 aromatic carbocycles. The van der Waals surface area contributed by atoms with E-state index in [0.717, 1.165) is 0 Å². The first-order chi connectivity index (χ1) is 7.95. The van der Waals surface area contributed by atoms with Gasteiger partial charge in [0.2, 0.25) is 5.91 Å². The van der Waals surface area contributed by atoms with E-state index in [2.05, 4.69) is 5.32 Å². The number of carbonyl (C=O) groups excluding carboxylic acids is 1. The molecule has 0 aromatic rings. The fourth-order valence-corrected chi connectivity index (χ4v) is 3.19. The monoisotopic (exact) mass is 243 g/mol. The van der Waals surface area contributed by atoms with Gasteiger partial charge in [-0.05, 0) is 18.8 Å². The maximum atomic E-state index is 11.2. The number of fused-ring (bicyclic) bond motifs is 1. The lowest BCUT2D eigenvalue weighted by Crippen LogP contribution is -2.48. The minimum Gasteiger partial charge on any atom is -0.481 e. The number of aliphatic hydroxyl groups excluding tert-OH is 1. The second kappa shape index (κ2) is 3.69. The number of carboxylic acid groups (broad SMARTS) is 2. The lowest BCUT2D eigenvalue weighted by molar-refractivity contribution is -0.145. The highest BCUT2D eigenvalue weighted by Crippen LogP contribution is 2.64. The molecule has 4 atom stereocenters. The Morgan fingerprint density at radius 3 is 2.24 bits per heavy atom. The highest BCUT2D eigenvalue weighted by molar-refractivity contribution is 5.88. The Hall–Kier alpha value is -1.63. The molecule has 2 fully saturated rings. The zero-order valence-electron chi connectivity index (χ0n) is 8.92. The molecule has 0 aliphatic heterocycles. The molecule has 2 saturated carbocycles. The van der Waals surface area contributed by atoms with Crippen molar-refractivity contribution in [1.29, 1.82) is 0 Å². The Morgan fingerprint density at radius 2 is 1.82 bits per heavy atom. The lowest BCUT2D eigenvalue weighted by Gasteiger charge is -2.22. The number of aliphatic hydroxyl groups is 1. The number of carboxylic acids is 2. The summed E-state index contributed by atoms with van der Waals surface area (Å²) in [5.74, 6) is -5.01. The standard InChI is InChI=1S/C10H13NO6/c12-3-6(13)11-10-4(7(10)9(16)17)1-2-5(10)8(14)15/h4-5,7,12H,1-3H2,(H,11,13)(H,14,15)(H,16,17). The molecule has 2 aliphatic rings. The second-order valence-electron chi connectivity index (χ2n) is 4.53. The summed E-state index contributed by atoms with van der Waals surface area (Å²) in [5.41, 5.74) is -1.20. The summed E-state index contributed by atoms with van der Waals surface area (Å²) in [4.78, 5) is 33.3. The number of carbonyl (C=O) groups is 3. The Kier molecular flexibility index (Phi) is 2.57. The number of hydrogen-bond acceptors (Lipinski definition) is 4. The van der Waals surface area contributed by atoms with E-state index in [1.165, 1.54) is 0 Å². The van der Waals surface area contributed by atoms with Crippen LogP contribution < -0.4 is 5.32 Å². The predicted octanol–water partition coefficient (Wildman–Crippen LogP) is -1.34. The molecule has 7 nitrogen and oxygen atoms in total. The lowest BCUT2D eigenvalue weighted by atomic mass is 9.94. The largest absolute Gasteiger partial charge is 0.481 e. The molecule has 7 heteroatoms. The molecule has 4 N–H and O–H groups in total. The van der Waals surface area contributed by atoms with Gasteiger partial charge >= 0.3 is 11.9 Å². The van der Waals surface area contributed by atoms with E-state index >= 15 is 0 Å². The number of rotatable bonds is 4. The van der Waals surface area contributed by atoms with E-state index in [9.17, 15) is 14.4 Å². The van der Waals surface area contributed by atoms with Crippen molar-refractivity contribution in [2.75, 3.05) is 6.61 Å². The first kappa shape index (κ1) is 11.8. The molecular weight excluding hydrogens is 230 g/mol. The van der Waals surface area contributed by atoms with Crippen molar-refractivity contribution in [3.05, 3.63) is 0 Å². The first-order valence-electron chi connectivity index (χ1n) is 5.32. The third-order valence-electron chi connectivity index (χ3n) is 3.83. The Bertz CT molecular complexity index is 394. The average molecular weight is 243 g/mol. The van der Waals surface area contributed by atoms with Crippen LogP contribution in [0.3, 0.4) is 0 Å². The van der Waals surface area contributed by atoms with E-state index < -0.39 is 41.8 Å². The third kappa shape index (κ3) is 1.49. The van der Waals surface area contributed by atoms with Crippen LogP contribution in [0.25, 0.3) is 0 Å². The molecular formula is C10H13NO6. The van der Waals surface area contributed by atoms with Gasteiger partial charge in [-0.1, -0.05) is 0 Å². The Morgan fingerprint density at radius 1 is 1.18 bits per heavy atom. The highest BCUT2D eigenvalue weighted by atomic mass is 16.4. The van der Waals surface area contributed by atoms with E-state index in [1.54, 1.807) is 0 Å². The van der Waals surface area contributed by atoms with Gasteiger partial charge in [-0.2, -0.15) is 0 Å². The van der Waals surface area contributed by atoms with Gasteiger partial charge in [-0.3, -0.25) is 14.4 Å². The van der Waals surface area contributed by atoms with Crippen molar-refractivity contribution in [3.8, 4) is 0 Å². The van der Waals surface area contributed by atoms with Crippen LogP contribution in [-0.4, -0.2) is 45.3 Å². The molecule has 0 spiro atoms. The SMILES string of the molecule is O=C(CO)NC12C(C(=O)O)CCC1C2C(=O)O. The summed E-state index contributed by atoms with van der Waals surface area (Å²) in [6.45, 7) is -0.771. The maximum Gasteiger partial charge on any atom is 0.309 e. The minimum atomic E-state index is -1.20. The molecule has 0 bridgehead atoms. The summed E-state index contributed by atoms with van der Waals surface area (Å²) in [6, 6.07) is 0. The zero-order chi connectivity index (χ0) is 12.8. The summed E-state index contributed by atoms with van der Waals surface area (Å²) in [5, 5.41) is 29.1. The van der Waals surface area contributed by atoms with Crippen molar-refractivity contribution in [3.63, 3.8) is 0 Å². The summed E-state index contributed by atoms with van der Waals surface area (Å²) < 4.78 is 0. The third-order valence-corrected chi connectivity index (χ3v) is 3.83. The Labute approximate surface area is 96.4 Å². The topological polar surface area (TPSA) is 124 Å². The molecule has 0 saturated heterocycles. The van der Waals surface area contributed by atoms with Crippen LogP contribution in [0.1, 0.15) is 12.8 Å². The Balaban J connectivity index is 2.26. The van der Waals surface area contributed by atoms with Gasteiger partial charge in [-0.25, -0.2) is 0 Å². The molecule has 2 aliphatic carbocycles. The van der Waals surface area contributed by atoms with Crippen molar-refractivity contribution in [1.82, 2.24) is 5.32 Å². The normalized spacial score (nSPS) is 38.3. The number of aliphatic carboxylic acids is 2. The molecule has 0 radical (unpaired) electrons. The van der Waals surface area contributed by atoms with Gasteiger partial charge in [-0.15, -0.1) is 0 Å². The maximum absolute atomic E-state index is 11.2. The van der Waals surface area contributed by atoms with Gasteiger partial charge in [0.25, 0.3) is 0 Å². The fourth-order valence-electron chi connectivity index (χ4n) is 3.19. The van der Waals surface area contributed by atoms with Gasteiger partial charge in [0.1, 0.15) is 6.61 Å². The van der Waals surface area contributed by atoms with E-state index in [1.807, 2.05) is 0 Å². The number of amides is 1. The summed E-state index contributed by atoms with van der Waals surface area (Å²) >= 11 is 0. The van der Waals surface area contributed by atoms with Crippen molar-refractivity contribution < 1.29 is 29.7 Å². The van der Waals surface area contributed by atoms with Crippen molar-refractivity contribution in [2.24, 2.45) is 17.8 Å².